The van der Waals surface area contributed by atoms with Crippen molar-refractivity contribution in [2.75, 3.05) is 39.8 Å². The number of hydrogen-bond donors (Lipinski definition) is 0. The molecule has 2 aliphatic heterocycles. The minimum absolute atomic E-state index is 0.0961. The fraction of sp³-hybridized carbons (Fsp3) is 0.714. The second kappa shape index (κ2) is 9.41. The lowest BCUT2D eigenvalue weighted by Gasteiger charge is -2.34. The van der Waals surface area contributed by atoms with E-state index in [1.165, 1.54) is 0 Å². The molecule has 8 heteroatoms. The van der Waals surface area contributed by atoms with E-state index in [0.29, 0.717) is 52.0 Å². The Bertz CT molecular complexity index is 759. The number of carbonyl (C=O) groups excluding carboxylic acids is 3. The van der Waals surface area contributed by atoms with Crippen molar-refractivity contribution in [3.8, 4) is 0 Å². The van der Waals surface area contributed by atoms with Crippen LogP contribution in [0, 0.1) is 19.8 Å². The maximum absolute atomic E-state index is 12.9. The molecule has 0 N–H and O–H groups in total. The molecule has 160 valence electrons. The maximum Gasteiger partial charge on any atom is 0.227 e. The van der Waals surface area contributed by atoms with Gasteiger partial charge in [0.15, 0.2) is 0 Å². The first-order valence-corrected chi connectivity index (χ1v) is 10.7. The van der Waals surface area contributed by atoms with Gasteiger partial charge in [0, 0.05) is 58.3 Å². The maximum atomic E-state index is 12.9. The van der Waals surface area contributed by atoms with Crippen molar-refractivity contribution in [1.29, 1.82) is 0 Å². The molecule has 2 fully saturated rings. The van der Waals surface area contributed by atoms with E-state index >= 15 is 0 Å². The van der Waals surface area contributed by atoms with Gasteiger partial charge >= 0.3 is 0 Å². The molecule has 0 spiro atoms. The number of hydrogen-bond acceptors (Lipinski definition) is 4. The summed E-state index contributed by atoms with van der Waals surface area (Å²) in [6.45, 7) is 7.87. The number of carbonyl (C=O) groups is 3. The predicted octanol–water partition coefficient (Wildman–Crippen LogP) is 1.21. The molecule has 0 aromatic carbocycles. The van der Waals surface area contributed by atoms with Crippen LogP contribution in [0.2, 0.25) is 0 Å². The third kappa shape index (κ3) is 5.36. The monoisotopic (exact) mass is 403 g/mol. The number of aryl methyl sites for hydroxylation is 2. The van der Waals surface area contributed by atoms with Gasteiger partial charge in [0.05, 0.1) is 18.2 Å². The molecule has 3 rings (SSSR count). The average molecular weight is 404 g/mol. The molecule has 0 bridgehead atoms. The standard InChI is InChI=1S/C21H33N5O3/c1-16-14-17(2)26(22-16)13-12-23(3)21(29)18-7-8-20(28)25(15-18)11-5-10-24-9-4-6-19(24)27/h14,18H,4-13,15H2,1-3H3. The molecule has 1 aromatic heterocycles. The van der Waals surface area contributed by atoms with Crippen LogP contribution in [0.4, 0.5) is 0 Å². The molecule has 8 nitrogen and oxygen atoms in total. The van der Waals surface area contributed by atoms with Crippen LogP contribution in [0.25, 0.3) is 0 Å². The van der Waals surface area contributed by atoms with Crippen LogP contribution >= 0.6 is 0 Å². The summed E-state index contributed by atoms with van der Waals surface area (Å²) in [5.41, 5.74) is 2.07. The lowest BCUT2D eigenvalue weighted by Crippen LogP contribution is -2.47. The van der Waals surface area contributed by atoms with Gasteiger partial charge in [-0.15, -0.1) is 0 Å². The average Bonchev–Trinajstić information content (AvgIpc) is 3.24. The zero-order valence-electron chi connectivity index (χ0n) is 17.9. The molecular formula is C21H33N5O3. The molecule has 0 radical (unpaired) electrons. The Kier molecular flexibility index (Phi) is 6.92. The van der Waals surface area contributed by atoms with Crippen molar-refractivity contribution in [2.24, 2.45) is 5.92 Å². The number of rotatable bonds is 8. The molecule has 1 unspecified atom stereocenters. The first-order chi connectivity index (χ1) is 13.8. The molecule has 0 saturated carbocycles. The Morgan fingerprint density at radius 2 is 1.86 bits per heavy atom. The van der Waals surface area contributed by atoms with E-state index in [-0.39, 0.29) is 23.6 Å². The number of likely N-dealkylation sites (N-methyl/N-ethyl adjacent to an activating group) is 1. The first kappa shape index (κ1) is 21.3. The van der Waals surface area contributed by atoms with Gasteiger partial charge in [0.25, 0.3) is 0 Å². The second-order valence-corrected chi connectivity index (χ2v) is 8.32. The van der Waals surface area contributed by atoms with E-state index < -0.39 is 0 Å². The van der Waals surface area contributed by atoms with Crippen molar-refractivity contribution in [3.63, 3.8) is 0 Å². The summed E-state index contributed by atoms with van der Waals surface area (Å²) >= 11 is 0. The van der Waals surface area contributed by atoms with Crippen LogP contribution in [-0.2, 0) is 20.9 Å². The number of nitrogens with zero attached hydrogens (tertiary/aromatic N) is 5. The smallest absolute Gasteiger partial charge is 0.227 e. The molecule has 2 saturated heterocycles. The Morgan fingerprint density at radius 1 is 1.14 bits per heavy atom. The largest absolute Gasteiger partial charge is 0.344 e. The minimum atomic E-state index is -0.147. The van der Waals surface area contributed by atoms with E-state index in [1.807, 2.05) is 41.4 Å². The molecule has 2 aliphatic rings. The number of likely N-dealkylation sites (tertiary alicyclic amines) is 2. The summed E-state index contributed by atoms with van der Waals surface area (Å²) in [5, 5.41) is 4.45. The Labute approximate surface area is 172 Å². The van der Waals surface area contributed by atoms with E-state index in [0.717, 1.165) is 30.8 Å². The van der Waals surface area contributed by atoms with Gasteiger partial charge < -0.3 is 14.7 Å². The third-order valence-corrected chi connectivity index (χ3v) is 6.00. The number of aromatic nitrogens is 2. The molecule has 0 aliphatic carbocycles. The van der Waals surface area contributed by atoms with E-state index in [4.69, 9.17) is 0 Å². The van der Waals surface area contributed by atoms with Gasteiger partial charge in [-0.05, 0) is 39.2 Å². The number of piperidine rings is 1. The van der Waals surface area contributed by atoms with Crippen molar-refractivity contribution in [3.05, 3.63) is 17.5 Å². The lowest BCUT2D eigenvalue weighted by molar-refractivity contribution is -0.142. The molecule has 3 heterocycles. The Balaban J connectivity index is 1.46. The van der Waals surface area contributed by atoms with E-state index in [9.17, 15) is 14.4 Å². The van der Waals surface area contributed by atoms with Crippen LogP contribution < -0.4 is 0 Å². The highest BCUT2D eigenvalue weighted by molar-refractivity contribution is 5.83. The van der Waals surface area contributed by atoms with E-state index in [2.05, 4.69) is 5.10 Å². The summed E-state index contributed by atoms with van der Waals surface area (Å²) in [5.74, 6) is 0.282. The number of amides is 3. The highest BCUT2D eigenvalue weighted by Crippen LogP contribution is 2.20. The molecular weight excluding hydrogens is 370 g/mol. The molecule has 1 atom stereocenters. The van der Waals surface area contributed by atoms with Crippen LogP contribution in [0.5, 0.6) is 0 Å². The molecule has 3 amide bonds. The predicted molar refractivity (Wildman–Crippen MR) is 109 cm³/mol. The fourth-order valence-electron chi connectivity index (χ4n) is 4.29. The van der Waals surface area contributed by atoms with Crippen LogP contribution in [0.1, 0.15) is 43.5 Å². The van der Waals surface area contributed by atoms with Crippen molar-refractivity contribution in [1.82, 2.24) is 24.5 Å². The van der Waals surface area contributed by atoms with Gasteiger partial charge in [0.2, 0.25) is 17.7 Å². The van der Waals surface area contributed by atoms with Gasteiger partial charge in [-0.2, -0.15) is 5.10 Å². The van der Waals surface area contributed by atoms with Crippen molar-refractivity contribution >= 4 is 17.7 Å². The summed E-state index contributed by atoms with van der Waals surface area (Å²) in [7, 11) is 1.83. The highest BCUT2D eigenvalue weighted by atomic mass is 16.2. The minimum Gasteiger partial charge on any atom is -0.344 e. The van der Waals surface area contributed by atoms with Gasteiger partial charge in [-0.25, -0.2) is 0 Å². The van der Waals surface area contributed by atoms with E-state index in [1.54, 1.807) is 4.90 Å². The first-order valence-electron chi connectivity index (χ1n) is 10.7. The lowest BCUT2D eigenvalue weighted by atomic mass is 9.96. The van der Waals surface area contributed by atoms with Gasteiger partial charge in [0.1, 0.15) is 0 Å². The highest BCUT2D eigenvalue weighted by Gasteiger charge is 2.31. The Hall–Kier alpha value is -2.38. The second-order valence-electron chi connectivity index (χ2n) is 8.32. The van der Waals surface area contributed by atoms with Crippen molar-refractivity contribution < 1.29 is 14.4 Å². The van der Waals surface area contributed by atoms with Gasteiger partial charge in [-0.3, -0.25) is 19.1 Å². The van der Waals surface area contributed by atoms with Crippen LogP contribution in [0.3, 0.4) is 0 Å². The van der Waals surface area contributed by atoms with Crippen LogP contribution in [-0.4, -0.2) is 82.0 Å². The van der Waals surface area contributed by atoms with Crippen LogP contribution in [0.15, 0.2) is 6.07 Å². The zero-order chi connectivity index (χ0) is 21.0. The normalized spacial score (nSPS) is 19.9. The third-order valence-electron chi connectivity index (χ3n) is 6.00. The zero-order valence-corrected chi connectivity index (χ0v) is 17.9. The topological polar surface area (TPSA) is 78.8 Å². The SMILES string of the molecule is Cc1cc(C)n(CCN(C)C(=O)C2CCC(=O)N(CCCN3CCCC3=O)C2)n1. The molecule has 1 aromatic rings. The fourth-order valence-corrected chi connectivity index (χ4v) is 4.29. The Morgan fingerprint density at radius 3 is 2.52 bits per heavy atom. The quantitative estimate of drug-likeness (QED) is 0.654. The summed E-state index contributed by atoms with van der Waals surface area (Å²) in [4.78, 5) is 42.3. The summed E-state index contributed by atoms with van der Waals surface area (Å²) in [6.07, 6.45) is 3.38. The van der Waals surface area contributed by atoms with Crippen molar-refractivity contribution in [2.45, 2.75) is 52.5 Å². The summed E-state index contributed by atoms with van der Waals surface area (Å²) < 4.78 is 1.93. The van der Waals surface area contributed by atoms with Gasteiger partial charge in [-0.1, -0.05) is 0 Å². The molecule has 29 heavy (non-hydrogen) atoms. The summed E-state index contributed by atoms with van der Waals surface area (Å²) in [6, 6.07) is 2.03.